The molecule has 146 valence electrons. The molecule has 1 amide bonds. The number of halogens is 2. The highest BCUT2D eigenvalue weighted by atomic mass is 35.5. The standard InChI is InChI=1S/C19H18ClFN4O3/c1-25(10-17(26)22-15-9-13(20)5-8-16(15)27-2)11-18-23-19(24-28-18)12-3-6-14(21)7-4-12/h3-9H,10-11H2,1-2H3,(H,22,26). The Morgan fingerprint density at radius 3 is 2.75 bits per heavy atom. The van der Waals surface area contributed by atoms with E-state index in [1.165, 1.54) is 19.2 Å². The van der Waals surface area contributed by atoms with Crippen LogP contribution in [0.5, 0.6) is 5.75 Å². The van der Waals surface area contributed by atoms with E-state index < -0.39 is 0 Å². The van der Waals surface area contributed by atoms with E-state index in [9.17, 15) is 9.18 Å². The fourth-order valence-electron chi connectivity index (χ4n) is 2.53. The third-order valence-corrected chi connectivity index (χ3v) is 4.06. The fourth-order valence-corrected chi connectivity index (χ4v) is 2.71. The van der Waals surface area contributed by atoms with Crippen molar-refractivity contribution in [3.05, 3.63) is 59.2 Å². The number of hydrogen-bond donors (Lipinski definition) is 1. The van der Waals surface area contributed by atoms with Gasteiger partial charge in [0.25, 0.3) is 0 Å². The molecule has 0 bridgehead atoms. The molecule has 3 aromatic rings. The van der Waals surface area contributed by atoms with Gasteiger partial charge in [0.05, 0.1) is 25.9 Å². The van der Waals surface area contributed by atoms with Crippen molar-refractivity contribution in [2.75, 3.05) is 26.0 Å². The van der Waals surface area contributed by atoms with Crippen molar-refractivity contribution < 1.29 is 18.4 Å². The summed E-state index contributed by atoms with van der Waals surface area (Å²) in [6, 6.07) is 10.8. The molecule has 9 heteroatoms. The minimum Gasteiger partial charge on any atom is -0.495 e. The minimum absolute atomic E-state index is 0.0872. The molecular weight excluding hydrogens is 387 g/mol. The van der Waals surface area contributed by atoms with Crippen LogP contribution in [0, 0.1) is 5.82 Å². The van der Waals surface area contributed by atoms with Crippen LogP contribution in [0.2, 0.25) is 5.02 Å². The molecule has 1 aromatic heterocycles. The molecular formula is C19H18ClFN4O3. The Morgan fingerprint density at radius 1 is 1.29 bits per heavy atom. The zero-order valence-electron chi connectivity index (χ0n) is 15.3. The van der Waals surface area contributed by atoms with E-state index in [0.29, 0.717) is 33.7 Å². The summed E-state index contributed by atoms with van der Waals surface area (Å²) >= 11 is 5.97. The van der Waals surface area contributed by atoms with Gasteiger partial charge in [0, 0.05) is 10.6 Å². The van der Waals surface area contributed by atoms with Crippen LogP contribution in [-0.4, -0.2) is 41.6 Å². The number of anilines is 1. The van der Waals surface area contributed by atoms with E-state index in [1.54, 1.807) is 42.3 Å². The van der Waals surface area contributed by atoms with Gasteiger partial charge < -0.3 is 14.6 Å². The van der Waals surface area contributed by atoms with Gasteiger partial charge in [-0.15, -0.1) is 0 Å². The third-order valence-electron chi connectivity index (χ3n) is 3.82. The number of carbonyl (C=O) groups excluding carboxylic acids is 1. The van der Waals surface area contributed by atoms with Crippen molar-refractivity contribution in [3.63, 3.8) is 0 Å². The van der Waals surface area contributed by atoms with E-state index in [2.05, 4.69) is 15.5 Å². The average Bonchev–Trinajstić information content (AvgIpc) is 3.10. The van der Waals surface area contributed by atoms with E-state index >= 15 is 0 Å². The van der Waals surface area contributed by atoms with E-state index in [0.717, 1.165) is 0 Å². The summed E-state index contributed by atoms with van der Waals surface area (Å²) in [7, 11) is 3.26. The molecule has 0 radical (unpaired) electrons. The van der Waals surface area contributed by atoms with Gasteiger partial charge in [0.1, 0.15) is 11.6 Å². The number of aromatic nitrogens is 2. The zero-order chi connectivity index (χ0) is 20.1. The summed E-state index contributed by atoms with van der Waals surface area (Å²) in [5.74, 6) is 0.628. The van der Waals surface area contributed by atoms with Crippen LogP contribution in [0.1, 0.15) is 5.89 Å². The number of ether oxygens (including phenoxy) is 1. The molecule has 0 aliphatic heterocycles. The number of nitrogens with zero attached hydrogens (tertiary/aromatic N) is 3. The molecule has 2 aromatic carbocycles. The molecule has 7 nitrogen and oxygen atoms in total. The Balaban J connectivity index is 1.58. The predicted molar refractivity (Wildman–Crippen MR) is 103 cm³/mol. The number of benzene rings is 2. The second-order valence-electron chi connectivity index (χ2n) is 6.08. The maximum absolute atomic E-state index is 13.0. The molecule has 0 saturated heterocycles. The molecule has 0 saturated carbocycles. The number of hydrogen-bond acceptors (Lipinski definition) is 6. The molecule has 0 fully saturated rings. The first-order chi connectivity index (χ1) is 13.4. The van der Waals surface area contributed by atoms with Gasteiger partial charge >= 0.3 is 0 Å². The Kier molecular flexibility index (Phi) is 6.23. The van der Waals surface area contributed by atoms with Gasteiger partial charge in [0.2, 0.25) is 17.6 Å². The summed E-state index contributed by atoms with van der Waals surface area (Å²) < 4.78 is 23.4. The van der Waals surface area contributed by atoms with Gasteiger partial charge in [-0.1, -0.05) is 16.8 Å². The number of methoxy groups -OCH3 is 1. The maximum atomic E-state index is 13.0. The molecule has 3 rings (SSSR count). The van der Waals surface area contributed by atoms with Crippen LogP contribution >= 0.6 is 11.6 Å². The van der Waals surface area contributed by atoms with Crippen molar-refractivity contribution in [1.82, 2.24) is 15.0 Å². The number of carbonyl (C=O) groups is 1. The monoisotopic (exact) mass is 404 g/mol. The first-order valence-electron chi connectivity index (χ1n) is 8.35. The first-order valence-corrected chi connectivity index (χ1v) is 8.73. The third kappa shape index (κ3) is 5.05. The van der Waals surface area contributed by atoms with Crippen molar-refractivity contribution in [1.29, 1.82) is 0 Å². The normalized spacial score (nSPS) is 10.9. The highest BCUT2D eigenvalue weighted by molar-refractivity contribution is 6.31. The summed E-state index contributed by atoms with van der Waals surface area (Å²) in [5.41, 5.74) is 1.13. The SMILES string of the molecule is COc1ccc(Cl)cc1NC(=O)CN(C)Cc1nc(-c2ccc(F)cc2)no1. The fraction of sp³-hybridized carbons (Fsp3) is 0.211. The lowest BCUT2D eigenvalue weighted by Gasteiger charge is -2.15. The maximum Gasteiger partial charge on any atom is 0.241 e. The first kappa shape index (κ1) is 19.8. The minimum atomic E-state index is -0.338. The average molecular weight is 405 g/mol. The highest BCUT2D eigenvalue weighted by Gasteiger charge is 2.14. The number of likely N-dealkylation sites (N-methyl/N-ethyl adjacent to an activating group) is 1. The van der Waals surface area contributed by atoms with Gasteiger partial charge in [-0.05, 0) is 49.5 Å². The highest BCUT2D eigenvalue weighted by Crippen LogP contribution is 2.27. The van der Waals surface area contributed by atoms with Crippen LogP contribution in [0.3, 0.4) is 0 Å². The van der Waals surface area contributed by atoms with Crippen molar-refractivity contribution >= 4 is 23.2 Å². The van der Waals surface area contributed by atoms with Gasteiger partial charge in [-0.2, -0.15) is 4.98 Å². The molecule has 0 spiro atoms. The predicted octanol–water partition coefficient (Wildman–Crippen LogP) is 3.61. The lowest BCUT2D eigenvalue weighted by molar-refractivity contribution is -0.117. The van der Waals surface area contributed by atoms with E-state index in [1.807, 2.05) is 0 Å². The molecule has 0 aliphatic rings. The van der Waals surface area contributed by atoms with Crippen molar-refractivity contribution in [3.8, 4) is 17.1 Å². The van der Waals surface area contributed by atoms with Crippen molar-refractivity contribution in [2.24, 2.45) is 0 Å². The zero-order valence-corrected chi connectivity index (χ0v) is 16.0. The van der Waals surface area contributed by atoms with Crippen LogP contribution in [0.15, 0.2) is 47.0 Å². The number of nitrogens with one attached hydrogen (secondary N) is 1. The second kappa shape index (κ2) is 8.81. The lowest BCUT2D eigenvalue weighted by atomic mass is 10.2. The number of rotatable bonds is 7. The Morgan fingerprint density at radius 2 is 2.04 bits per heavy atom. The smallest absolute Gasteiger partial charge is 0.241 e. The molecule has 1 N–H and O–H groups in total. The Labute approximate surface area is 166 Å². The van der Waals surface area contributed by atoms with Gasteiger partial charge in [0.15, 0.2) is 0 Å². The topological polar surface area (TPSA) is 80.5 Å². The molecule has 1 heterocycles. The summed E-state index contributed by atoms with van der Waals surface area (Å²) in [6.07, 6.45) is 0. The number of amides is 1. The summed E-state index contributed by atoms with van der Waals surface area (Å²) in [4.78, 5) is 18.3. The summed E-state index contributed by atoms with van der Waals surface area (Å²) in [5, 5.41) is 7.13. The van der Waals surface area contributed by atoms with Crippen LogP contribution in [0.4, 0.5) is 10.1 Å². The lowest BCUT2D eigenvalue weighted by Crippen LogP contribution is -2.30. The van der Waals surface area contributed by atoms with Crippen LogP contribution in [-0.2, 0) is 11.3 Å². The molecule has 0 atom stereocenters. The van der Waals surface area contributed by atoms with Gasteiger partial charge in [-0.3, -0.25) is 9.69 Å². The molecule has 0 unspecified atom stereocenters. The van der Waals surface area contributed by atoms with Gasteiger partial charge in [-0.25, -0.2) is 4.39 Å². The van der Waals surface area contributed by atoms with Crippen molar-refractivity contribution in [2.45, 2.75) is 6.54 Å². The van der Waals surface area contributed by atoms with Crippen LogP contribution < -0.4 is 10.1 Å². The Bertz CT molecular complexity index is 962. The Hall–Kier alpha value is -2.97. The van der Waals surface area contributed by atoms with E-state index in [4.69, 9.17) is 20.9 Å². The summed E-state index contributed by atoms with van der Waals surface area (Å²) in [6.45, 7) is 0.359. The molecule has 28 heavy (non-hydrogen) atoms. The van der Waals surface area contributed by atoms with Crippen LogP contribution in [0.25, 0.3) is 11.4 Å². The van der Waals surface area contributed by atoms with E-state index in [-0.39, 0.29) is 24.8 Å². The largest absolute Gasteiger partial charge is 0.495 e. The second-order valence-corrected chi connectivity index (χ2v) is 6.52. The quantitative estimate of drug-likeness (QED) is 0.648. The molecule has 0 aliphatic carbocycles.